The Morgan fingerprint density at radius 3 is 2.39 bits per heavy atom. The molecule has 0 radical (unpaired) electrons. The molecule has 2 aromatic carbocycles. The lowest BCUT2D eigenvalue weighted by atomic mass is 10.0. The predicted molar refractivity (Wildman–Crippen MR) is 114 cm³/mol. The molecule has 3 aromatic rings. The minimum atomic E-state index is -0.680. The zero-order valence-corrected chi connectivity index (χ0v) is 16.4. The predicted octanol–water partition coefficient (Wildman–Crippen LogP) is 3.52. The summed E-state index contributed by atoms with van der Waals surface area (Å²) in [7, 11) is 0. The topological polar surface area (TPSA) is 144 Å². The van der Waals surface area contributed by atoms with E-state index in [1.807, 2.05) is 24.3 Å². The van der Waals surface area contributed by atoms with Crippen molar-refractivity contribution < 1.29 is 15.0 Å². The maximum atomic E-state index is 11.3. The molecule has 31 heavy (non-hydrogen) atoms. The van der Waals surface area contributed by atoms with Crippen LogP contribution in [0.2, 0.25) is 0 Å². The Bertz CT molecular complexity index is 1150. The van der Waals surface area contributed by atoms with E-state index in [0.29, 0.717) is 17.9 Å². The van der Waals surface area contributed by atoms with Crippen LogP contribution >= 0.6 is 0 Å². The van der Waals surface area contributed by atoms with Gasteiger partial charge in [0.25, 0.3) is 11.4 Å². The molecule has 0 saturated heterocycles. The molecule has 158 valence electrons. The lowest BCUT2D eigenvalue weighted by Gasteiger charge is -2.15. The lowest BCUT2D eigenvalue weighted by molar-refractivity contribution is -0.394. The summed E-state index contributed by atoms with van der Waals surface area (Å²) in [6.07, 6.45) is 2.47. The summed E-state index contributed by atoms with van der Waals surface area (Å²) in [5.74, 6) is 0.655. The number of anilines is 1. The average Bonchev–Trinajstić information content (AvgIpc) is 2.96. The fraction of sp³-hybridized carbons (Fsp3) is 0.238. The van der Waals surface area contributed by atoms with Crippen LogP contribution < -0.4 is 5.32 Å². The first-order valence-corrected chi connectivity index (χ1v) is 9.76. The van der Waals surface area contributed by atoms with Gasteiger partial charge in [-0.2, -0.15) is 0 Å². The van der Waals surface area contributed by atoms with Crippen molar-refractivity contribution in [3.05, 3.63) is 73.8 Å². The fourth-order valence-corrected chi connectivity index (χ4v) is 3.75. The van der Waals surface area contributed by atoms with Crippen molar-refractivity contribution in [3.8, 4) is 22.6 Å². The van der Waals surface area contributed by atoms with Crippen molar-refractivity contribution >= 4 is 17.2 Å². The van der Waals surface area contributed by atoms with Gasteiger partial charge in [-0.15, -0.1) is 0 Å². The van der Waals surface area contributed by atoms with Crippen molar-refractivity contribution in [2.75, 3.05) is 18.5 Å². The second-order valence-electron chi connectivity index (χ2n) is 7.14. The quantitative estimate of drug-likeness (QED) is 0.454. The van der Waals surface area contributed by atoms with Crippen LogP contribution in [-0.4, -0.2) is 38.1 Å². The van der Waals surface area contributed by atoms with E-state index in [4.69, 9.17) is 4.98 Å². The molecule has 1 aliphatic rings. The molecule has 0 atom stereocenters. The average molecular weight is 421 g/mol. The summed E-state index contributed by atoms with van der Waals surface area (Å²) in [5, 5.41) is 35.0. The smallest absolute Gasteiger partial charge is 0.277 e. The number of aryl methyl sites for hydroxylation is 1. The fourth-order valence-electron chi connectivity index (χ4n) is 3.75. The third kappa shape index (κ3) is 4.05. The van der Waals surface area contributed by atoms with E-state index in [9.17, 15) is 25.3 Å². The molecule has 4 rings (SSSR count). The highest BCUT2D eigenvalue weighted by Crippen LogP contribution is 2.37. The van der Waals surface area contributed by atoms with Crippen LogP contribution in [0.4, 0.5) is 17.2 Å². The first-order chi connectivity index (χ1) is 15.0. The number of nitro groups is 2. The number of hydrogen-bond acceptors (Lipinski definition) is 8. The summed E-state index contributed by atoms with van der Waals surface area (Å²) in [6, 6.07) is 11.2. The van der Waals surface area contributed by atoms with Crippen LogP contribution in [0, 0.1) is 20.2 Å². The minimum absolute atomic E-state index is 0.104. The number of nitrogens with zero attached hydrogens (tertiary/aromatic N) is 4. The first kappa shape index (κ1) is 20.4. The van der Waals surface area contributed by atoms with Crippen molar-refractivity contribution in [3.63, 3.8) is 0 Å². The number of aliphatic hydroxyl groups excluding tert-OH is 1. The van der Waals surface area contributed by atoms with Crippen molar-refractivity contribution in [1.29, 1.82) is 0 Å². The number of hydrogen-bond donors (Lipinski definition) is 2. The Morgan fingerprint density at radius 1 is 1.00 bits per heavy atom. The van der Waals surface area contributed by atoms with Crippen LogP contribution in [0.25, 0.3) is 22.6 Å². The molecule has 0 unspecified atom stereocenters. The molecule has 1 aromatic heterocycles. The lowest BCUT2D eigenvalue weighted by Crippen LogP contribution is -2.12. The van der Waals surface area contributed by atoms with Crippen LogP contribution in [0.3, 0.4) is 0 Å². The number of nitrogens with one attached hydrogen (secondary N) is 1. The Balaban J connectivity index is 1.96. The number of fused-ring (bicyclic) bond motifs is 3. The summed E-state index contributed by atoms with van der Waals surface area (Å²) in [5.41, 5.74) is 3.00. The van der Waals surface area contributed by atoms with E-state index >= 15 is 0 Å². The van der Waals surface area contributed by atoms with Gasteiger partial charge in [0.2, 0.25) is 0 Å². The van der Waals surface area contributed by atoms with Gasteiger partial charge >= 0.3 is 0 Å². The van der Waals surface area contributed by atoms with Crippen LogP contribution in [0.1, 0.15) is 17.5 Å². The Labute approximate surface area is 176 Å². The van der Waals surface area contributed by atoms with Crippen molar-refractivity contribution in [2.24, 2.45) is 0 Å². The molecule has 0 fully saturated rings. The highest BCUT2D eigenvalue weighted by Gasteiger charge is 2.24. The molecule has 10 heteroatoms. The molecule has 1 aliphatic carbocycles. The first-order valence-electron chi connectivity index (χ1n) is 9.76. The molecule has 10 nitrogen and oxygen atoms in total. The van der Waals surface area contributed by atoms with E-state index in [0.717, 1.165) is 35.6 Å². The van der Waals surface area contributed by atoms with Gasteiger partial charge in [0.1, 0.15) is 5.82 Å². The molecule has 0 amide bonds. The van der Waals surface area contributed by atoms with E-state index in [1.165, 1.54) is 12.1 Å². The number of benzene rings is 2. The highest BCUT2D eigenvalue weighted by atomic mass is 16.6. The summed E-state index contributed by atoms with van der Waals surface area (Å²) in [6.45, 7) is 0.159. The molecule has 0 saturated carbocycles. The maximum absolute atomic E-state index is 11.3. The largest absolute Gasteiger partial charge is 0.395 e. The third-order valence-electron chi connectivity index (χ3n) is 5.14. The van der Waals surface area contributed by atoms with E-state index in [1.54, 1.807) is 0 Å². The molecular formula is C21H19N5O5. The molecule has 1 heterocycles. The molecule has 0 spiro atoms. The van der Waals surface area contributed by atoms with Crippen molar-refractivity contribution in [1.82, 2.24) is 9.97 Å². The Hall–Kier alpha value is -3.92. The molecule has 0 bridgehead atoms. The van der Waals surface area contributed by atoms with Crippen LogP contribution in [-0.2, 0) is 12.8 Å². The summed E-state index contributed by atoms with van der Waals surface area (Å²) < 4.78 is 0. The second kappa shape index (κ2) is 8.44. The number of non-ortho nitro benzene ring substituents is 2. The minimum Gasteiger partial charge on any atom is -0.395 e. The number of nitro benzene ring substituents is 2. The zero-order chi connectivity index (χ0) is 22.0. The van der Waals surface area contributed by atoms with Gasteiger partial charge in [-0.3, -0.25) is 20.2 Å². The van der Waals surface area contributed by atoms with Crippen LogP contribution in [0.15, 0.2) is 42.5 Å². The summed E-state index contributed by atoms with van der Waals surface area (Å²) in [4.78, 5) is 30.5. The Kier molecular flexibility index (Phi) is 5.54. The van der Waals surface area contributed by atoms with E-state index < -0.39 is 21.2 Å². The SMILES string of the molecule is O=[N+]([O-])c1cc(-c2nc(NCCO)c3c(n2)-c2ccccc2CCC3)cc([N+](=O)[O-])c1. The van der Waals surface area contributed by atoms with Gasteiger partial charge in [0.15, 0.2) is 5.82 Å². The van der Waals surface area contributed by atoms with Gasteiger partial charge in [0.05, 0.1) is 28.2 Å². The molecule has 0 aliphatic heterocycles. The van der Waals surface area contributed by atoms with E-state index in [2.05, 4.69) is 10.3 Å². The second-order valence-corrected chi connectivity index (χ2v) is 7.14. The van der Waals surface area contributed by atoms with Crippen molar-refractivity contribution in [2.45, 2.75) is 19.3 Å². The standard InChI is InChI=1S/C21H19N5O5/c27-9-8-22-21-18-7-3-5-13-4-1-2-6-17(13)19(18)23-20(24-21)14-10-15(25(28)29)12-16(11-14)26(30)31/h1-2,4,6,10-12,27H,3,5,7-9H2,(H,22,23,24). The monoisotopic (exact) mass is 421 g/mol. The van der Waals surface area contributed by atoms with Crippen LogP contribution in [0.5, 0.6) is 0 Å². The molecule has 2 N–H and O–H groups in total. The van der Waals surface area contributed by atoms with Gasteiger partial charge < -0.3 is 10.4 Å². The van der Waals surface area contributed by atoms with Gasteiger partial charge in [-0.05, 0) is 24.8 Å². The summed E-state index contributed by atoms with van der Waals surface area (Å²) >= 11 is 0. The third-order valence-corrected chi connectivity index (χ3v) is 5.14. The highest BCUT2D eigenvalue weighted by molar-refractivity contribution is 5.76. The van der Waals surface area contributed by atoms with Gasteiger partial charge in [-0.25, -0.2) is 9.97 Å². The number of aromatic nitrogens is 2. The number of rotatable bonds is 6. The Morgan fingerprint density at radius 2 is 1.71 bits per heavy atom. The maximum Gasteiger partial charge on any atom is 0.277 e. The zero-order valence-electron chi connectivity index (χ0n) is 16.4. The normalized spacial score (nSPS) is 12.4. The number of aliphatic hydroxyl groups is 1. The van der Waals surface area contributed by atoms with E-state index in [-0.39, 0.29) is 24.5 Å². The molecular weight excluding hydrogens is 402 g/mol. The van der Waals surface area contributed by atoms with Gasteiger partial charge in [-0.1, -0.05) is 24.3 Å². The van der Waals surface area contributed by atoms with Gasteiger partial charge in [0, 0.05) is 35.4 Å².